The Bertz CT molecular complexity index is 1440. The maximum Gasteiger partial charge on any atom is 0.255 e. The van der Waals surface area contributed by atoms with Crippen LogP contribution < -0.4 is 5.32 Å². The van der Waals surface area contributed by atoms with Crippen molar-refractivity contribution >= 4 is 29.0 Å². The molecule has 2 aliphatic heterocycles. The zero-order valence-electron chi connectivity index (χ0n) is 22.4. The molecule has 3 heterocycles. The lowest BCUT2D eigenvalue weighted by Gasteiger charge is -2.35. The summed E-state index contributed by atoms with van der Waals surface area (Å²) in [5.41, 5.74) is 6.59. The maximum absolute atomic E-state index is 14.0. The van der Waals surface area contributed by atoms with Crippen molar-refractivity contribution in [2.45, 2.75) is 58.8 Å². The topological polar surface area (TPSA) is 102 Å². The molecule has 2 amide bonds. The lowest BCUT2D eigenvalue weighted by atomic mass is 10.00. The molecule has 2 atom stereocenters. The monoisotopic (exact) mass is 540 g/mol. The van der Waals surface area contributed by atoms with E-state index in [1.807, 2.05) is 68.9 Å². The Morgan fingerprint density at radius 2 is 2.00 bits per heavy atom. The largest absolute Gasteiger partial charge is 0.331 e. The van der Waals surface area contributed by atoms with E-state index < -0.39 is 6.04 Å². The van der Waals surface area contributed by atoms with Gasteiger partial charge in [0.05, 0.1) is 28.7 Å². The van der Waals surface area contributed by atoms with Gasteiger partial charge < -0.3 is 9.80 Å². The van der Waals surface area contributed by atoms with Gasteiger partial charge in [-0.3, -0.25) is 19.9 Å². The lowest BCUT2D eigenvalue weighted by molar-refractivity contribution is -0.137. The second kappa shape index (κ2) is 11.4. The number of carbonyl (C=O) groups is 2. The Morgan fingerprint density at radius 3 is 2.67 bits per heavy atom. The number of amides is 2. The fraction of sp³-hybridized carbons (Fsp3) is 0.367. The third-order valence-electron chi connectivity index (χ3n) is 7.50. The van der Waals surface area contributed by atoms with E-state index in [1.165, 1.54) is 0 Å². The van der Waals surface area contributed by atoms with Crippen LogP contribution in [0.15, 0.2) is 59.0 Å². The van der Waals surface area contributed by atoms with Crippen molar-refractivity contribution in [1.29, 1.82) is 5.26 Å². The molecular formula is C30H32N6O2S. The number of hydrogen-bond donors (Lipinski definition) is 1. The van der Waals surface area contributed by atoms with E-state index in [1.54, 1.807) is 21.1 Å². The number of benzene rings is 2. The van der Waals surface area contributed by atoms with Crippen molar-refractivity contribution in [3.63, 3.8) is 0 Å². The first-order valence-corrected chi connectivity index (χ1v) is 14.1. The van der Waals surface area contributed by atoms with Gasteiger partial charge in [-0.15, -0.1) is 11.3 Å². The highest BCUT2D eigenvalue weighted by atomic mass is 32.1. The highest BCUT2D eigenvalue weighted by molar-refractivity contribution is 7.13. The van der Waals surface area contributed by atoms with Crippen LogP contribution in [0.1, 0.15) is 53.9 Å². The Kier molecular flexibility index (Phi) is 7.75. The molecule has 200 valence electrons. The third kappa shape index (κ3) is 5.30. The first-order valence-electron chi connectivity index (χ1n) is 13.3. The van der Waals surface area contributed by atoms with E-state index >= 15 is 0 Å². The number of likely N-dealkylation sites (tertiary alicyclic amines) is 1. The van der Waals surface area contributed by atoms with Gasteiger partial charge in [0.1, 0.15) is 11.9 Å². The molecular weight excluding hydrogens is 508 g/mol. The first-order chi connectivity index (χ1) is 18.9. The minimum Gasteiger partial charge on any atom is -0.331 e. The molecule has 8 nitrogen and oxygen atoms in total. The number of thiazole rings is 1. The molecule has 0 aliphatic carbocycles. The summed E-state index contributed by atoms with van der Waals surface area (Å²) in [6.07, 6.45) is 3.53. The quantitative estimate of drug-likeness (QED) is 0.202. The summed E-state index contributed by atoms with van der Waals surface area (Å²) in [5.74, 6) is 0.228. The molecule has 5 rings (SSSR count). The van der Waals surface area contributed by atoms with Crippen molar-refractivity contribution in [2.24, 2.45) is 10.9 Å². The average Bonchev–Trinajstić information content (AvgIpc) is 3.66. The number of aryl methyl sites for hydroxylation is 1. The minimum absolute atomic E-state index is 0.0676. The van der Waals surface area contributed by atoms with Gasteiger partial charge in [0.25, 0.3) is 5.91 Å². The Labute approximate surface area is 233 Å². The van der Waals surface area contributed by atoms with E-state index in [2.05, 4.69) is 22.4 Å². The molecule has 1 fully saturated rings. The number of nitrogens with zero attached hydrogens (tertiary/aromatic N) is 5. The molecule has 2 aromatic carbocycles. The number of aromatic nitrogens is 1. The van der Waals surface area contributed by atoms with Crippen LogP contribution in [-0.4, -0.2) is 51.1 Å². The molecule has 39 heavy (non-hydrogen) atoms. The fourth-order valence-corrected chi connectivity index (χ4v) is 6.38. The zero-order valence-corrected chi connectivity index (χ0v) is 23.2. The summed E-state index contributed by atoms with van der Waals surface area (Å²) in [6.45, 7) is 7.33. The number of hydrogen-bond acceptors (Lipinski definition) is 6. The fourth-order valence-electron chi connectivity index (χ4n) is 5.57. The van der Waals surface area contributed by atoms with Crippen LogP contribution in [-0.2, 0) is 17.9 Å². The number of aliphatic imine (C=N–C) groups is 1. The van der Waals surface area contributed by atoms with Crippen LogP contribution in [0.4, 0.5) is 0 Å². The van der Waals surface area contributed by atoms with Crippen molar-refractivity contribution in [3.8, 4) is 16.6 Å². The van der Waals surface area contributed by atoms with Gasteiger partial charge >= 0.3 is 0 Å². The molecule has 1 aromatic heterocycles. The number of nitrogens with one attached hydrogen (secondary N) is 1. The van der Waals surface area contributed by atoms with Gasteiger partial charge in [0.2, 0.25) is 5.91 Å². The molecule has 1 unspecified atom stereocenters. The van der Waals surface area contributed by atoms with Gasteiger partial charge in [-0.2, -0.15) is 5.26 Å². The molecule has 0 saturated carbocycles. The SMILES string of the molecule is Cc1ncsc1-c1ccc(CN=C(NC#N)[C@@H]2CCCN2C(=O)C(C(C)C)N2Cc3ccccc3C2=O)cc1. The number of fused-ring (bicyclic) bond motifs is 1. The second-order valence-electron chi connectivity index (χ2n) is 10.4. The van der Waals surface area contributed by atoms with Gasteiger partial charge in [-0.25, -0.2) is 4.98 Å². The van der Waals surface area contributed by atoms with Crippen molar-refractivity contribution in [2.75, 3.05) is 6.54 Å². The minimum atomic E-state index is -0.587. The summed E-state index contributed by atoms with van der Waals surface area (Å²) in [6, 6.07) is 14.8. The van der Waals surface area contributed by atoms with E-state index in [-0.39, 0.29) is 23.8 Å². The van der Waals surface area contributed by atoms with Crippen LogP contribution in [0.3, 0.4) is 0 Å². The number of amidine groups is 1. The zero-order chi connectivity index (χ0) is 27.5. The predicted octanol–water partition coefficient (Wildman–Crippen LogP) is 4.76. The van der Waals surface area contributed by atoms with Crippen LogP contribution >= 0.6 is 11.3 Å². The molecule has 0 radical (unpaired) electrons. The van der Waals surface area contributed by atoms with Gasteiger partial charge in [0.15, 0.2) is 6.19 Å². The van der Waals surface area contributed by atoms with E-state index in [0.29, 0.717) is 37.5 Å². The molecule has 1 N–H and O–H groups in total. The standard InChI is InChI=1S/C30H32N6O2S/c1-19(2)26(36-16-23-7-4-5-8-24(23)29(36)37)30(38)35-14-6-9-25(35)28(33-17-31)32-15-21-10-12-22(13-11-21)27-20(3)34-18-39-27/h4-5,7-8,10-13,18-19,25-26H,6,9,14-16H2,1-3H3,(H,32,33)/t25-,26?/m0/s1. The normalized spacial score (nSPS) is 17.9. The van der Waals surface area contributed by atoms with Crippen LogP contribution in [0.2, 0.25) is 0 Å². The van der Waals surface area contributed by atoms with Crippen LogP contribution in [0.25, 0.3) is 10.4 Å². The summed E-state index contributed by atoms with van der Waals surface area (Å²) in [5, 5.41) is 12.2. The van der Waals surface area contributed by atoms with E-state index in [9.17, 15) is 14.9 Å². The maximum atomic E-state index is 14.0. The molecule has 2 aliphatic rings. The molecule has 3 aromatic rings. The Balaban J connectivity index is 1.34. The van der Waals surface area contributed by atoms with Crippen molar-refractivity contribution < 1.29 is 9.59 Å². The third-order valence-corrected chi connectivity index (χ3v) is 8.48. The van der Waals surface area contributed by atoms with Gasteiger partial charge in [-0.05, 0) is 48.4 Å². The Hall–Kier alpha value is -4.03. The van der Waals surface area contributed by atoms with Crippen molar-refractivity contribution in [3.05, 3.63) is 76.4 Å². The molecule has 1 saturated heterocycles. The Morgan fingerprint density at radius 1 is 1.23 bits per heavy atom. The van der Waals surface area contributed by atoms with Crippen LogP contribution in [0, 0.1) is 24.3 Å². The number of carbonyl (C=O) groups excluding carboxylic acids is 2. The second-order valence-corrected chi connectivity index (χ2v) is 11.2. The van der Waals surface area contributed by atoms with Crippen molar-refractivity contribution in [1.82, 2.24) is 20.1 Å². The summed E-state index contributed by atoms with van der Waals surface area (Å²) in [7, 11) is 0. The highest BCUT2D eigenvalue weighted by Crippen LogP contribution is 2.30. The van der Waals surface area contributed by atoms with E-state index in [4.69, 9.17) is 4.99 Å². The van der Waals surface area contributed by atoms with Crippen LogP contribution in [0.5, 0.6) is 0 Å². The van der Waals surface area contributed by atoms with E-state index in [0.717, 1.165) is 33.7 Å². The average molecular weight is 541 g/mol. The van der Waals surface area contributed by atoms with Gasteiger partial charge in [-0.1, -0.05) is 56.3 Å². The van der Waals surface area contributed by atoms with Gasteiger partial charge in [0, 0.05) is 18.7 Å². The highest BCUT2D eigenvalue weighted by Gasteiger charge is 2.43. The molecule has 0 bridgehead atoms. The number of nitriles is 1. The summed E-state index contributed by atoms with van der Waals surface area (Å²) in [4.78, 5) is 41.0. The molecule has 0 spiro atoms. The number of rotatable bonds is 7. The lowest BCUT2D eigenvalue weighted by Crippen LogP contribution is -2.55. The predicted molar refractivity (Wildman–Crippen MR) is 152 cm³/mol. The summed E-state index contributed by atoms with van der Waals surface area (Å²) >= 11 is 1.62. The first kappa shape index (κ1) is 26.6. The summed E-state index contributed by atoms with van der Waals surface area (Å²) < 4.78 is 0. The molecule has 9 heteroatoms. The smallest absolute Gasteiger partial charge is 0.255 e.